The Labute approximate surface area is 300 Å². The lowest BCUT2D eigenvalue weighted by atomic mass is 10.0. The molecule has 0 unspecified atom stereocenters. The first-order valence-corrected chi connectivity index (χ1v) is 17.0. The fraction of sp³-hybridized carbons (Fsp3) is 0.167. The van der Waals surface area contributed by atoms with E-state index in [1.165, 1.54) is 12.1 Å². The number of fused-ring (bicyclic) bond motifs is 6. The molecule has 244 valence electrons. The number of hydrogen-bond donors (Lipinski definition) is 2. The Balaban J connectivity index is 0.000000152. The second-order valence-electron chi connectivity index (χ2n) is 11.7. The van der Waals surface area contributed by atoms with Gasteiger partial charge in [0.1, 0.15) is 17.2 Å². The number of carbonyl (C=O) groups excluding carboxylic acids is 2. The minimum absolute atomic E-state index is 0.0499. The summed E-state index contributed by atoms with van der Waals surface area (Å²) in [5.74, 6) is -0.632. The quantitative estimate of drug-likeness (QED) is 0.186. The maximum Gasteiger partial charge on any atom is 0.268 e. The molecule has 2 aliphatic rings. The molecule has 4 heterocycles. The lowest BCUT2D eigenvalue weighted by Crippen LogP contribution is -2.35. The van der Waals surface area contributed by atoms with Crippen LogP contribution in [0.5, 0.6) is 0 Å². The zero-order chi connectivity index (χ0) is 34.0. The number of amides is 2. The van der Waals surface area contributed by atoms with Crippen molar-refractivity contribution in [2.45, 2.75) is 26.9 Å². The first kappa shape index (κ1) is 32.8. The van der Waals surface area contributed by atoms with E-state index in [2.05, 4.69) is 15.2 Å². The SMILES string of the molecule is Cc1c2n(c3c(-c4ccc(Cl)c(Cl)c4)cc(Cl)cc13)CCNC2=O.Cc1c2n(c3c(-c4ccc(Cl)c(F)c4)cc(Cl)cc13)CCNC2=O. The van der Waals surface area contributed by atoms with E-state index in [-0.39, 0.29) is 16.8 Å². The summed E-state index contributed by atoms with van der Waals surface area (Å²) >= 11 is 30.7. The molecule has 2 amide bonds. The molecule has 6 nitrogen and oxygen atoms in total. The Morgan fingerprint density at radius 3 is 1.52 bits per heavy atom. The average Bonchev–Trinajstić information content (AvgIpc) is 3.51. The van der Waals surface area contributed by atoms with Crippen molar-refractivity contribution in [3.05, 3.63) is 114 Å². The maximum absolute atomic E-state index is 13.9. The predicted molar refractivity (Wildman–Crippen MR) is 194 cm³/mol. The predicted octanol–water partition coefficient (Wildman–Crippen LogP) is 10.1. The molecule has 8 rings (SSSR count). The molecule has 0 saturated heterocycles. The molecule has 0 radical (unpaired) electrons. The van der Waals surface area contributed by atoms with Crippen LogP contribution in [0.4, 0.5) is 4.39 Å². The largest absolute Gasteiger partial charge is 0.349 e. The van der Waals surface area contributed by atoms with E-state index in [1.807, 2.05) is 48.7 Å². The van der Waals surface area contributed by atoms with Gasteiger partial charge in [0.05, 0.1) is 26.1 Å². The monoisotopic (exact) mass is 740 g/mol. The van der Waals surface area contributed by atoms with Crippen LogP contribution < -0.4 is 10.6 Å². The van der Waals surface area contributed by atoms with E-state index in [9.17, 15) is 14.0 Å². The normalized spacial score (nSPS) is 13.9. The van der Waals surface area contributed by atoms with Gasteiger partial charge in [-0.25, -0.2) is 4.39 Å². The number of carbonyl (C=O) groups is 2. The van der Waals surface area contributed by atoms with Gasteiger partial charge >= 0.3 is 0 Å². The van der Waals surface area contributed by atoms with Crippen LogP contribution in [0.2, 0.25) is 25.1 Å². The summed E-state index contributed by atoms with van der Waals surface area (Å²) in [6, 6.07) is 17.6. The standard InChI is InChI=1S/C18H13Cl3N2O.C18H13Cl2FN2O/c2*1-9-12-7-11(19)8-13(10-2-3-14(20)15(21)6-10)17(12)23-5-4-22-18(24)16(9)23/h2*2-3,6-8H,4-5H2,1H3,(H,22,24). The number of nitrogens with one attached hydrogen (secondary N) is 2. The average molecular weight is 743 g/mol. The molecule has 6 aromatic rings. The Kier molecular flexibility index (Phi) is 8.63. The lowest BCUT2D eigenvalue weighted by Gasteiger charge is -2.18. The third kappa shape index (κ3) is 5.52. The van der Waals surface area contributed by atoms with Crippen LogP contribution in [0.3, 0.4) is 0 Å². The van der Waals surface area contributed by atoms with Gasteiger partial charge in [0, 0.05) is 58.1 Å². The van der Waals surface area contributed by atoms with E-state index in [0.29, 0.717) is 56.7 Å². The van der Waals surface area contributed by atoms with Gasteiger partial charge < -0.3 is 19.8 Å². The Bertz CT molecular complexity index is 2180. The maximum atomic E-state index is 13.9. The summed E-state index contributed by atoms with van der Waals surface area (Å²) in [6.45, 7) is 6.41. The van der Waals surface area contributed by atoms with Crippen LogP contribution in [-0.4, -0.2) is 34.0 Å². The molecule has 0 fully saturated rings. The van der Waals surface area contributed by atoms with Crippen LogP contribution >= 0.6 is 58.0 Å². The number of rotatable bonds is 2. The van der Waals surface area contributed by atoms with Gasteiger partial charge in [-0.15, -0.1) is 0 Å². The highest BCUT2D eigenvalue weighted by atomic mass is 35.5. The topological polar surface area (TPSA) is 68.1 Å². The third-order valence-electron chi connectivity index (χ3n) is 8.88. The highest BCUT2D eigenvalue weighted by Crippen LogP contribution is 2.40. The molecule has 48 heavy (non-hydrogen) atoms. The second-order valence-corrected chi connectivity index (χ2v) is 13.8. The van der Waals surface area contributed by atoms with E-state index >= 15 is 0 Å². The molecule has 2 N–H and O–H groups in total. The summed E-state index contributed by atoms with van der Waals surface area (Å²) in [5, 5.41) is 9.87. The molecular weight excluding hydrogens is 717 g/mol. The molecule has 0 bridgehead atoms. The van der Waals surface area contributed by atoms with Gasteiger partial charge in [-0.3, -0.25) is 9.59 Å². The van der Waals surface area contributed by atoms with Gasteiger partial charge in [-0.05, 0) is 84.6 Å². The van der Waals surface area contributed by atoms with Crippen LogP contribution in [0.25, 0.3) is 44.1 Å². The fourth-order valence-corrected chi connectivity index (χ4v) is 7.62. The van der Waals surface area contributed by atoms with Gasteiger partial charge in [0.15, 0.2) is 0 Å². The molecule has 0 aliphatic carbocycles. The van der Waals surface area contributed by atoms with Crippen LogP contribution in [0, 0.1) is 19.7 Å². The number of hydrogen-bond acceptors (Lipinski definition) is 2. The first-order chi connectivity index (χ1) is 22.9. The fourth-order valence-electron chi connectivity index (χ4n) is 6.77. The number of aromatic nitrogens is 2. The van der Waals surface area contributed by atoms with Crippen molar-refractivity contribution in [3.63, 3.8) is 0 Å². The van der Waals surface area contributed by atoms with Crippen molar-refractivity contribution in [2.75, 3.05) is 13.1 Å². The number of nitrogens with zero attached hydrogens (tertiary/aromatic N) is 2. The molecule has 12 heteroatoms. The van der Waals surface area contributed by atoms with Crippen molar-refractivity contribution in [3.8, 4) is 22.3 Å². The van der Waals surface area contributed by atoms with E-state index in [0.717, 1.165) is 56.2 Å². The molecule has 0 atom stereocenters. The minimum Gasteiger partial charge on any atom is -0.349 e. The number of halogens is 6. The molecule has 0 spiro atoms. The smallest absolute Gasteiger partial charge is 0.268 e. The Morgan fingerprint density at radius 1 is 0.604 bits per heavy atom. The van der Waals surface area contributed by atoms with Gasteiger partial charge in [0.25, 0.3) is 11.8 Å². The van der Waals surface area contributed by atoms with E-state index in [1.54, 1.807) is 18.2 Å². The van der Waals surface area contributed by atoms with Crippen molar-refractivity contribution < 1.29 is 14.0 Å². The third-order valence-corrected chi connectivity index (χ3v) is 10.4. The van der Waals surface area contributed by atoms with Crippen molar-refractivity contribution in [2.24, 2.45) is 0 Å². The highest BCUT2D eigenvalue weighted by Gasteiger charge is 2.27. The molecule has 2 aromatic heterocycles. The summed E-state index contributed by atoms with van der Waals surface area (Å²) in [6.07, 6.45) is 0. The van der Waals surface area contributed by atoms with Crippen LogP contribution in [-0.2, 0) is 13.1 Å². The van der Waals surface area contributed by atoms with Crippen molar-refractivity contribution in [1.29, 1.82) is 0 Å². The molecule has 2 aliphatic heterocycles. The van der Waals surface area contributed by atoms with E-state index < -0.39 is 5.82 Å². The van der Waals surface area contributed by atoms with Gasteiger partial charge in [-0.2, -0.15) is 0 Å². The molecule has 0 saturated carbocycles. The highest BCUT2D eigenvalue weighted by molar-refractivity contribution is 6.42. The van der Waals surface area contributed by atoms with Crippen molar-refractivity contribution >= 4 is 91.6 Å². The van der Waals surface area contributed by atoms with Gasteiger partial charge in [0.2, 0.25) is 0 Å². The van der Waals surface area contributed by atoms with Crippen LogP contribution in [0.1, 0.15) is 32.1 Å². The minimum atomic E-state index is -0.484. The zero-order valence-corrected chi connectivity index (χ0v) is 29.4. The van der Waals surface area contributed by atoms with Crippen molar-refractivity contribution in [1.82, 2.24) is 19.8 Å². The summed E-state index contributed by atoms with van der Waals surface area (Å²) in [7, 11) is 0. The van der Waals surface area contributed by atoms with E-state index in [4.69, 9.17) is 58.0 Å². The van der Waals surface area contributed by atoms with Crippen LogP contribution in [0.15, 0.2) is 60.7 Å². The summed E-state index contributed by atoms with van der Waals surface area (Å²) in [4.78, 5) is 24.6. The summed E-state index contributed by atoms with van der Waals surface area (Å²) < 4.78 is 18.0. The Hall–Kier alpha value is -3.72. The number of benzene rings is 4. The Morgan fingerprint density at radius 2 is 1.06 bits per heavy atom. The second kappa shape index (κ2) is 12.6. The lowest BCUT2D eigenvalue weighted by molar-refractivity contribution is 0.0920. The molecule has 4 aromatic carbocycles. The number of aryl methyl sites for hydroxylation is 2. The first-order valence-electron chi connectivity index (χ1n) is 15.1. The zero-order valence-electron chi connectivity index (χ0n) is 25.6. The molecular formula is C36H26Cl5FN4O2. The van der Waals surface area contributed by atoms with Gasteiger partial charge in [-0.1, -0.05) is 70.1 Å². The summed E-state index contributed by atoms with van der Waals surface area (Å²) in [5.41, 5.74) is 8.36.